The molecule has 0 radical (unpaired) electrons. The third kappa shape index (κ3) is 4.35. The average Bonchev–Trinajstić information content (AvgIpc) is 2.03. The predicted octanol–water partition coefficient (Wildman–Crippen LogP) is 4.05. The first-order valence-corrected chi connectivity index (χ1v) is 5.56. The molecule has 1 nitrogen and oxygen atoms in total. The minimum absolute atomic E-state index is 0.626. The molecule has 1 atom stereocenters. The minimum atomic E-state index is 0.626. The summed E-state index contributed by atoms with van der Waals surface area (Å²) in [5.74, 6) is 2.21. The maximum atomic E-state index is 9.35. The van der Waals surface area contributed by atoms with Crippen LogP contribution in [0.1, 0.15) is 52.4 Å². The van der Waals surface area contributed by atoms with Crippen LogP contribution in [0.3, 0.4) is 0 Å². The average molecular weight is 182 g/mol. The highest BCUT2D eigenvalue weighted by molar-refractivity contribution is 4.97. The summed E-state index contributed by atoms with van der Waals surface area (Å²) in [6, 6.07) is 0. The zero-order valence-corrected chi connectivity index (χ0v) is 8.92. The first-order chi connectivity index (χ1) is 6.18. The summed E-state index contributed by atoms with van der Waals surface area (Å²) in [5.41, 5.74) is 0. The summed E-state index contributed by atoms with van der Waals surface area (Å²) >= 11 is 0. The third-order valence-corrected chi connectivity index (χ3v) is 2.85. The molecular weight excluding hydrogens is 160 g/mol. The molecule has 1 heteroatoms. The molecular formula is C12H22O. The molecule has 1 aliphatic rings. The van der Waals surface area contributed by atoms with Gasteiger partial charge in [-0.2, -0.15) is 0 Å². The number of hydrogen-bond acceptors (Lipinski definition) is 1. The van der Waals surface area contributed by atoms with Gasteiger partial charge >= 0.3 is 0 Å². The van der Waals surface area contributed by atoms with Crippen molar-refractivity contribution in [1.29, 1.82) is 0 Å². The Morgan fingerprint density at radius 2 is 2.31 bits per heavy atom. The minimum Gasteiger partial charge on any atom is -0.513 e. The zero-order chi connectivity index (χ0) is 9.68. The van der Waals surface area contributed by atoms with E-state index in [4.69, 9.17) is 0 Å². The molecule has 1 rings (SSSR count). The van der Waals surface area contributed by atoms with Crippen molar-refractivity contribution in [2.45, 2.75) is 52.4 Å². The van der Waals surface area contributed by atoms with Gasteiger partial charge in [0.05, 0.1) is 5.76 Å². The van der Waals surface area contributed by atoms with E-state index in [0.717, 1.165) is 24.7 Å². The van der Waals surface area contributed by atoms with Gasteiger partial charge in [0.15, 0.2) is 0 Å². The van der Waals surface area contributed by atoms with Gasteiger partial charge in [-0.15, -0.1) is 0 Å². The summed E-state index contributed by atoms with van der Waals surface area (Å²) < 4.78 is 0. The highest BCUT2D eigenvalue weighted by Crippen LogP contribution is 2.27. The second-order valence-electron chi connectivity index (χ2n) is 4.67. The second kappa shape index (κ2) is 5.31. The highest BCUT2D eigenvalue weighted by atomic mass is 16.3. The number of aliphatic hydroxyl groups excluding tert-OH is 1. The van der Waals surface area contributed by atoms with Crippen LogP contribution < -0.4 is 0 Å². The number of hydrogen-bond donors (Lipinski definition) is 1. The summed E-state index contributed by atoms with van der Waals surface area (Å²) in [5, 5.41) is 9.35. The largest absolute Gasteiger partial charge is 0.513 e. The van der Waals surface area contributed by atoms with Gasteiger partial charge in [0.1, 0.15) is 0 Å². The normalized spacial score (nSPS) is 23.3. The molecule has 0 bridgehead atoms. The summed E-state index contributed by atoms with van der Waals surface area (Å²) in [7, 11) is 0. The fourth-order valence-corrected chi connectivity index (χ4v) is 2.03. The van der Waals surface area contributed by atoms with Gasteiger partial charge < -0.3 is 5.11 Å². The van der Waals surface area contributed by atoms with Gasteiger partial charge in [-0.05, 0) is 37.2 Å². The number of allylic oxidation sites excluding steroid dienone is 2. The van der Waals surface area contributed by atoms with Gasteiger partial charge in [-0.1, -0.05) is 26.7 Å². The lowest BCUT2D eigenvalue weighted by Crippen LogP contribution is -2.06. The maximum Gasteiger partial charge on any atom is 0.0885 e. The van der Waals surface area contributed by atoms with Gasteiger partial charge in [-0.25, -0.2) is 0 Å². The van der Waals surface area contributed by atoms with Crippen LogP contribution in [0, 0.1) is 11.8 Å². The van der Waals surface area contributed by atoms with Gasteiger partial charge in [0.25, 0.3) is 0 Å². The number of rotatable bonds is 4. The van der Waals surface area contributed by atoms with E-state index in [2.05, 4.69) is 13.8 Å². The SMILES string of the molecule is CC(C)CCCC1CCC=C(O)C1. The Labute approximate surface area is 81.9 Å². The fraction of sp³-hybridized carbons (Fsp3) is 0.833. The van der Waals surface area contributed by atoms with Crippen molar-refractivity contribution in [3.05, 3.63) is 11.8 Å². The molecule has 13 heavy (non-hydrogen) atoms. The van der Waals surface area contributed by atoms with E-state index in [9.17, 15) is 5.11 Å². The standard InChI is InChI=1S/C12H22O/c1-10(2)5-3-6-11-7-4-8-12(13)9-11/h8,10-11,13H,3-7,9H2,1-2H3. The summed E-state index contributed by atoms with van der Waals surface area (Å²) in [6.45, 7) is 4.55. The first-order valence-electron chi connectivity index (χ1n) is 5.56. The molecule has 0 aliphatic heterocycles. The first kappa shape index (κ1) is 10.6. The van der Waals surface area contributed by atoms with Gasteiger partial charge in [-0.3, -0.25) is 0 Å². The van der Waals surface area contributed by atoms with Gasteiger partial charge in [0, 0.05) is 6.42 Å². The smallest absolute Gasteiger partial charge is 0.0885 e. The molecule has 0 saturated heterocycles. The van der Waals surface area contributed by atoms with Crippen LogP contribution in [0.5, 0.6) is 0 Å². The predicted molar refractivity (Wildman–Crippen MR) is 56.7 cm³/mol. The van der Waals surface area contributed by atoms with Crippen LogP contribution in [-0.2, 0) is 0 Å². The molecule has 1 unspecified atom stereocenters. The Hall–Kier alpha value is -0.460. The zero-order valence-electron chi connectivity index (χ0n) is 8.92. The van der Waals surface area contributed by atoms with Crippen molar-refractivity contribution in [3.8, 4) is 0 Å². The molecule has 0 spiro atoms. The molecule has 0 aromatic heterocycles. The Bertz CT molecular complexity index is 170. The van der Waals surface area contributed by atoms with E-state index in [-0.39, 0.29) is 0 Å². The Morgan fingerprint density at radius 1 is 1.54 bits per heavy atom. The lowest BCUT2D eigenvalue weighted by atomic mass is 9.88. The van der Waals surface area contributed by atoms with E-state index >= 15 is 0 Å². The van der Waals surface area contributed by atoms with Crippen LogP contribution >= 0.6 is 0 Å². The molecule has 1 N–H and O–H groups in total. The molecule has 76 valence electrons. The van der Waals surface area contributed by atoms with Crippen LogP contribution in [0.15, 0.2) is 11.8 Å². The summed E-state index contributed by atoms with van der Waals surface area (Å²) in [6.07, 6.45) is 9.23. The number of aliphatic hydroxyl groups is 1. The fourth-order valence-electron chi connectivity index (χ4n) is 2.03. The molecule has 0 fully saturated rings. The Morgan fingerprint density at radius 3 is 2.92 bits per heavy atom. The molecule has 1 aliphatic carbocycles. The van der Waals surface area contributed by atoms with Crippen molar-refractivity contribution >= 4 is 0 Å². The second-order valence-corrected chi connectivity index (χ2v) is 4.67. The van der Waals surface area contributed by atoms with E-state index < -0.39 is 0 Å². The van der Waals surface area contributed by atoms with E-state index in [1.165, 1.54) is 25.7 Å². The van der Waals surface area contributed by atoms with E-state index in [1.54, 1.807) is 0 Å². The van der Waals surface area contributed by atoms with Crippen molar-refractivity contribution in [2.75, 3.05) is 0 Å². The van der Waals surface area contributed by atoms with Crippen molar-refractivity contribution in [1.82, 2.24) is 0 Å². The van der Waals surface area contributed by atoms with Gasteiger partial charge in [0.2, 0.25) is 0 Å². The third-order valence-electron chi connectivity index (χ3n) is 2.85. The van der Waals surface area contributed by atoms with Crippen LogP contribution in [0.25, 0.3) is 0 Å². The van der Waals surface area contributed by atoms with E-state index in [0.29, 0.717) is 5.76 Å². The highest BCUT2D eigenvalue weighted by Gasteiger charge is 2.14. The molecule has 0 amide bonds. The van der Waals surface area contributed by atoms with Crippen LogP contribution in [0.2, 0.25) is 0 Å². The monoisotopic (exact) mass is 182 g/mol. The molecule has 0 aromatic carbocycles. The van der Waals surface area contributed by atoms with Crippen LogP contribution in [-0.4, -0.2) is 5.11 Å². The summed E-state index contributed by atoms with van der Waals surface area (Å²) in [4.78, 5) is 0. The van der Waals surface area contributed by atoms with Crippen molar-refractivity contribution < 1.29 is 5.11 Å². The molecule has 0 aromatic rings. The topological polar surface area (TPSA) is 20.2 Å². The lowest BCUT2D eigenvalue weighted by Gasteiger charge is -2.19. The Balaban J connectivity index is 2.12. The Kier molecular flexibility index (Phi) is 4.34. The van der Waals surface area contributed by atoms with Crippen molar-refractivity contribution in [2.24, 2.45) is 11.8 Å². The van der Waals surface area contributed by atoms with E-state index in [1.807, 2.05) is 6.08 Å². The quantitative estimate of drug-likeness (QED) is 0.695. The molecule has 0 heterocycles. The van der Waals surface area contributed by atoms with Crippen molar-refractivity contribution in [3.63, 3.8) is 0 Å². The lowest BCUT2D eigenvalue weighted by molar-refractivity contribution is 0.303. The maximum absolute atomic E-state index is 9.35. The van der Waals surface area contributed by atoms with Crippen LogP contribution in [0.4, 0.5) is 0 Å². The molecule has 0 saturated carbocycles.